The zero-order valence-electron chi connectivity index (χ0n) is 7.03. The van der Waals surface area contributed by atoms with Gasteiger partial charge in [0.15, 0.2) is 0 Å². The van der Waals surface area contributed by atoms with Crippen LogP contribution in [-0.4, -0.2) is 41.2 Å². The highest BCUT2D eigenvalue weighted by Crippen LogP contribution is 2.08. The quantitative estimate of drug-likeness (QED) is 0.506. The first kappa shape index (κ1) is 8.70. The maximum atomic E-state index is 11.2. The Bertz CT molecular complexity index is 249. The lowest BCUT2D eigenvalue weighted by Gasteiger charge is -2.29. The molecule has 1 aliphatic heterocycles. The summed E-state index contributed by atoms with van der Waals surface area (Å²) in [7, 11) is 1.56. The summed E-state index contributed by atoms with van der Waals surface area (Å²) in [6.45, 7) is 1.59. The average molecular weight is 170 g/mol. The third-order valence-corrected chi connectivity index (χ3v) is 1.74. The molecule has 0 saturated carbocycles. The molecule has 0 aliphatic carbocycles. The van der Waals surface area contributed by atoms with Crippen LogP contribution >= 0.6 is 0 Å². The molecule has 5 nitrogen and oxygen atoms in total. The molecule has 0 radical (unpaired) electrons. The monoisotopic (exact) mass is 170 g/mol. The molecule has 66 valence electrons. The molecule has 4 amide bonds. The van der Waals surface area contributed by atoms with Crippen molar-refractivity contribution in [3.05, 3.63) is 0 Å². The van der Waals surface area contributed by atoms with Gasteiger partial charge in [-0.25, -0.2) is 9.69 Å². The van der Waals surface area contributed by atoms with E-state index in [4.69, 9.17) is 0 Å². The van der Waals surface area contributed by atoms with Crippen LogP contribution in [0.3, 0.4) is 0 Å². The van der Waals surface area contributed by atoms with Crippen molar-refractivity contribution in [1.82, 2.24) is 9.80 Å². The Balaban J connectivity index is 2.86. The number of nitrogens with zero attached hydrogens (tertiary/aromatic N) is 2. The fourth-order valence-electron chi connectivity index (χ4n) is 1.06. The number of hydrogen-bond acceptors (Lipinski definition) is 3. The first-order chi connectivity index (χ1) is 5.54. The van der Waals surface area contributed by atoms with Gasteiger partial charge in [-0.15, -0.1) is 0 Å². The second kappa shape index (κ2) is 2.92. The Morgan fingerprint density at radius 3 is 2.42 bits per heavy atom. The standard InChI is InChI=1S/C7H10N2O3/c1-5(10)9-6(11)3-4-8(2)7(9)12/h3-4H2,1-2H3. The number of urea groups is 1. The molecule has 0 atom stereocenters. The highest BCUT2D eigenvalue weighted by atomic mass is 16.2. The number of imide groups is 3. The maximum absolute atomic E-state index is 11.2. The van der Waals surface area contributed by atoms with Crippen LogP contribution in [0.25, 0.3) is 0 Å². The largest absolute Gasteiger partial charge is 0.333 e. The van der Waals surface area contributed by atoms with Crippen LogP contribution in [0, 0.1) is 0 Å². The molecule has 1 fully saturated rings. The van der Waals surface area contributed by atoms with Crippen LogP contribution in [0.1, 0.15) is 13.3 Å². The third-order valence-electron chi connectivity index (χ3n) is 1.74. The van der Waals surface area contributed by atoms with Crippen molar-refractivity contribution in [3.63, 3.8) is 0 Å². The normalized spacial score (nSPS) is 18.5. The molecule has 0 aromatic heterocycles. The van der Waals surface area contributed by atoms with E-state index in [-0.39, 0.29) is 6.42 Å². The molecule has 12 heavy (non-hydrogen) atoms. The van der Waals surface area contributed by atoms with Gasteiger partial charge in [-0.05, 0) is 0 Å². The second-order valence-electron chi connectivity index (χ2n) is 2.70. The minimum Gasteiger partial charge on any atom is -0.326 e. The van der Waals surface area contributed by atoms with Gasteiger partial charge in [0.05, 0.1) is 0 Å². The van der Waals surface area contributed by atoms with Gasteiger partial charge in [-0.3, -0.25) is 9.59 Å². The van der Waals surface area contributed by atoms with Crippen LogP contribution in [0.15, 0.2) is 0 Å². The number of amides is 4. The molecule has 0 aromatic rings. The van der Waals surface area contributed by atoms with Crippen LogP contribution in [0.2, 0.25) is 0 Å². The van der Waals surface area contributed by atoms with Gasteiger partial charge in [0, 0.05) is 26.9 Å². The SMILES string of the molecule is CC(=O)N1C(=O)CCN(C)C1=O. The van der Waals surface area contributed by atoms with Gasteiger partial charge in [0.25, 0.3) is 0 Å². The molecule has 0 bridgehead atoms. The van der Waals surface area contributed by atoms with Gasteiger partial charge in [0.1, 0.15) is 0 Å². The van der Waals surface area contributed by atoms with Gasteiger partial charge in [-0.2, -0.15) is 0 Å². The molecule has 1 heterocycles. The second-order valence-corrected chi connectivity index (χ2v) is 2.70. The molecule has 1 aliphatic rings. The molecule has 0 aromatic carbocycles. The number of carbonyl (C=O) groups excluding carboxylic acids is 3. The summed E-state index contributed by atoms with van der Waals surface area (Å²) in [5.41, 5.74) is 0. The Kier molecular flexibility index (Phi) is 2.12. The minimum atomic E-state index is -0.529. The van der Waals surface area contributed by atoms with Crippen molar-refractivity contribution in [2.24, 2.45) is 0 Å². The highest BCUT2D eigenvalue weighted by molar-refractivity contribution is 6.10. The van der Waals surface area contributed by atoms with Gasteiger partial charge < -0.3 is 4.90 Å². The molecule has 1 saturated heterocycles. The lowest BCUT2D eigenvalue weighted by Crippen LogP contribution is -2.52. The van der Waals surface area contributed by atoms with E-state index in [2.05, 4.69) is 0 Å². The number of rotatable bonds is 0. The lowest BCUT2D eigenvalue weighted by atomic mass is 10.3. The van der Waals surface area contributed by atoms with Crippen LogP contribution in [-0.2, 0) is 9.59 Å². The van der Waals surface area contributed by atoms with E-state index in [9.17, 15) is 14.4 Å². The van der Waals surface area contributed by atoms with E-state index in [0.717, 1.165) is 0 Å². The molecule has 0 spiro atoms. The fraction of sp³-hybridized carbons (Fsp3) is 0.571. The Hall–Kier alpha value is -1.39. The summed E-state index contributed by atoms with van der Waals surface area (Å²) in [5, 5.41) is 0. The Morgan fingerprint density at radius 1 is 1.42 bits per heavy atom. The average Bonchev–Trinajstić information content (AvgIpc) is 1.97. The Labute approximate surface area is 69.9 Å². The van der Waals surface area contributed by atoms with Gasteiger partial charge in [-0.1, -0.05) is 0 Å². The van der Waals surface area contributed by atoms with E-state index < -0.39 is 17.8 Å². The third kappa shape index (κ3) is 1.30. The zero-order valence-corrected chi connectivity index (χ0v) is 7.03. The highest BCUT2D eigenvalue weighted by Gasteiger charge is 2.32. The molecule has 0 unspecified atom stereocenters. The molecule has 0 N–H and O–H groups in total. The van der Waals surface area contributed by atoms with Crippen LogP contribution in [0.5, 0.6) is 0 Å². The van der Waals surface area contributed by atoms with E-state index in [0.29, 0.717) is 11.4 Å². The summed E-state index contributed by atoms with van der Waals surface area (Å²) < 4.78 is 0. The topological polar surface area (TPSA) is 57.7 Å². The summed E-state index contributed by atoms with van der Waals surface area (Å²) in [6, 6.07) is -0.529. The van der Waals surface area contributed by atoms with Crippen LogP contribution in [0.4, 0.5) is 4.79 Å². The van der Waals surface area contributed by atoms with E-state index in [1.54, 1.807) is 7.05 Å². The summed E-state index contributed by atoms with van der Waals surface area (Å²) >= 11 is 0. The minimum absolute atomic E-state index is 0.224. The van der Waals surface area contributed by atoms with Gasteiger partial charge >= 0.3 is 6.03 Å². The van der Waals surface area contributed by atoms with Crippen molar-refractivity contribution in [2.75, 3.05) is 13.6 Å². The first-order valence-corrected chi connectivity index (χ1v) is 3.62. The Morgan fingerprint density at radius 2 is 2.00 bits per heavy atom. The number of carbonyl (C=O) groups is 3. The predicted molar refractivity (Wildman–Crippen MR) is 40.2 cm³/mol. The van der Waals surface area contributed by atoms with Crippen molar-refractivity contribution >= 4 is 17.8 Å². The summed E-state index contributed by atoms with van der Waals surface area (Å²) in [4.78, 5) is 35.1. The molecule has 1 rings (SSSR count). The summed E-state index contributed by atoms with van der Waals surface area (Å²) in [6.07, 6.45) is 0.224. The lowest BCUT2D eigenvalue weighted by molar-refractivity contribution is -0.141. The fourth-order valence-corrected chi connectivity index (χ4v) is 1.06. The molecular formula is C7H10N2O3. The predicted octanol–water partition coefficient (Wildman–Crippen LogP) is -0.183. The maximum Gasteiger partial charge on any atom is 0.333 e. The number of hydrogen-bond donors (Lipinski definition) is 0. The van der Waals surface area contributed by atoms with E-state index in [1.165, 1.54) is 11.8 Å². The van der Waals surface area contributed by atoms with E-state index in [1.807, 2.05) is 0 Å². The molecule has 5 heteroatoms. The molecular weight excluding hydrogens is 160 g/mol. The van der Waals surface area contributed by atoms with Crippen molar-refractivity contribution in [2.45, 2.75) is 13.3 Å². The van der Waals surface area contributed by atoms with Crippen molar-refractivity contribution in [1.29, 1.82) is 0 Å². The smallest absolute Gasteiger partial charge is 0.326 e. The van der Waals surface area contributed by atoms with E-state index >= 15 is 0 Å². The van der Waals surface area contributed by atoms with Gasteiger partial charge in [0.2, 0.25) is 11.8 Å². The van der Waals surface area contributed by atoms with Crippen LogP contribution < -0.4 is 0 Å². The van der Waals surface area contributed by atoms with Crippen molar-refractivity contribution in [3.8, 4) is 0 Å². The first-order valence-electron chi connectivity index (χ1n) is 3.62. The summed E-state index contributed by atoms with van der Waals surface area (Å²) in [5.74, 6) is -0.929. The zero-order chi connectivity index (χ0) is 9.30. The van der Waals surface area contributed by atoms with Crippen molar-refractivity contribution < 1.29 is 14.4 Å².